The Morgan fingerprint density at radius 2 is 0.897 bits per heavy atom. The molecule has 0 radical (unpaired) electrons. The van der Waals surface area contributed by atoms with Crippen molar-refractivity contribution < 1.29 is 0 Å². The Hall–Kier alpha value is -5.00. The van der Waals surface area contributed by atoms with Crippen LogP contribution in [0.1, 0.15) is 0 Å². The highest BCUT2D eigenvalue weighted by atomic mass is 32.1. The van der Waals surface area contributed by atoms with Crippen LogP contribution >= 0.6 is 11.3 Å². The molecule has 0 unspecified atom stereocenters. The molecule has 0 N–H and O–H groups in total. The van der Waals surface area contributed by atoms with E-state index in [-0.39, 0.29) is 0 Å². The molecule has 0 amide bonds. The van der Waals surface area contributed by atoms with Gasteiger partial charge in [-0.1, -0.05) is 36.4 Å². The maximum atomic E-state index is 4.72. The third-order valence-electron chi connectivity index (χ3n) is 7.81. The van der Waals surface area contributed by atoms with E-state index in [4.69, 9.17) is 9.97 Å². The predicted molar refractivity (Wildman–Crippen MR) is 164 cm³/mol. The number of nitrogens with zero attached hydrogens (tertiary/aromatic N) is 4. The second-order valence-corrected chi connectivity index (χ2v) is 11.0. The van der Waals surface area contributed by atoms with Crippen molar-refractivity contribution >= 4 is 75.4 Å². The largest absolute Gasteiger partial charge is 0.308 e. The van der Waals surface area contributed by atoms with Crippen LogP contribution in [0.15, 0.2) is 122 Å². The molecule has 0 aliphatic heterocycles. The Morgan fingerprint density at radius 3 is 1.41 bits per heavy atom. The van der Waals surface area contributed by atoms with Crippen LogP contribution in [0.25, 0.3) is 75.4 Å². The Kier molecular flexibility index (Phi) is 4.18. The molecule has 0 atom stereocenters. The number of pyridine rings is 2. The van der Waals surface area contributed by atoms with Crippen molar-refractivity contribution in [3.05, 3.63) is 122 Å². The Bertz CT molecular complexity index is 2130. The molecule has 5 heterocycles. The fraction of sp³-hybridized carbons (Fsp3) is 0. The first kappa shape index (κ1) is 21.0. The van der Waals surface area contributed by atoms with E-state index in [0.29, 0.717) is 0 Å². The molecule has 9 rings (SSSR count). The molecule has 9 aromatic rings. The fourth-order valence-corrected chi connectivity index (χ4v) is 7.22. The molecule has 0 fully saturated rings. The summed E-state index contributed by atoms with van der Waals surface area (Å²) in [6.07, 6.45) is 3.75. The molecule has 5 heteroatoms. The Labute approximate surface area is 227 Å². The summed E-state index contributed by atoms with van der Waals surface area (Å²) in [5.74, 6) is 0. The summed E-state index contributed by atoms with van der Waals surface area (Å²) in [7, 11) is 0. The number of hydrogen-bond acceptors (Lipinski definition) is 3. The van der Waals surface area contributed by atoms with Gasteiger partial charge >= 0.3 is 0 Å². The van der Waals surface area contributed by atoms with Crippen molar-refractivity contribution in [2.45, 2.75) is 0 Å². The standard InChI is InChI=1S/C34H20N4S/c1-3-9-27-23(7-1)33-29(11-5-17-35-33)37(27)21-13-15-31-25(19-21)26-20-22(14-16-32(26)39-31)38-28-10-4-2-8-24(28)34-30(38)12-6-18-36-34/h1-20H. The molecule has 0 bridgehead atoms. The first-order valence-electron chi connectivity index (χ1n) is 13.0. The normalized spacial score (nSPS) is 12.1. The second kappa shape index (κ2) is 7.76. The smallest absolute Gasteiger partial charge is 0.0963 e. The van der Waals surface area contributed by atoms with Crippen molar-refractivity contribution in [3.8, 4) is 11.4 Å². The number of hydrogen-bond donors (Lipinski definition) is 0. The molecular weight excluding hydrogens is 496 g/mol. The van der Waals surface area contributed by atoms with Gasteiger partial charge in [-0.3, -0.25) is 9.97 Å². The minimum absolute atomic E-state index is 1.03. The van der Waals surface area contributed by atoms with Gasteiger partial charge in [-0.25, -0.2) is 0 Å². The summed E-state index contributed by atoms with van der Waals surface area (Å²) in [6.45, 7) is 0. The van der Waals surface area contributed by atoms with Gasteiger partial charge in [-0.2, -0.15) is 0 Å². The first-order valence-corrected chi connectivity index (χ1v) is 13.8. The van der Waals surface area contributed by atoms with Crippen LogP contribution in [0, 0.1) is 0 Å². The second-order valence-electron chi connectivity index (χ2n) is 9.91. The molecular formula is C34H20N4S. The quantitative estimate of drug-likeness (QED) is 0.230. The van der Waals surface area contributed by atoms with Gasteiger partial charge in [0, 0.05) is 54.7 Å². The molecule has 4 aromatic carbocycles. The van der Waals surface area contributed by atoms with Gasteiger partial charge in [0.05, 0.1) is 33.1 Å². The van der Waals surface area contributed by atoms with Crippen molar-refractivity contribution in [2.75, 3.05) is 0 Å². The molecule has 5 aromatic heterocycles. The van der Waals surface area contributed by atoms with Crippen molar-refractivity contribution in [1.29, 1.82) is 0 Å². The lowest BCUT2D eigenvalue weighted by Crippen LogP contribution is -1.94. The minimum Gasteiger partial charge on any atom is -0.308 e. The van der Waals surface area contributed by atoms with Crippen molar-refractivity contribution in [2.24, 2.45) is 0 Å². The maximum absolute atomic E-state index is 4.72. The maximum Gasteiger partial charge on any atom is 0.0963 e. The number of fused-ring (bicyclic) bond motifs is 9. The molecule has 39 heavy (non-hydrogen) atoms. The average molecular weight is 517 g/mol. The van der Waals surface area contributed by atoms with Gasteiger partial charge in [0.1, 0.15) is 0 Å². The monoisotopic (exact) mass is 516 g/mol. The Morgan fingerprint density at radius 1 is 0.436 bits per heavy atom. The fourth-order valence-electron chi connectivity index (χ4n) is 6.15. The number of benzene rings is 4. The molecule has 0 aliphatic rings. The third kappa shape index (κ3) is 2.88. The van der Waals surface area contributed by atoms with E-state index in [9.17, 15) is 0 Å². The lowest BCUT2D eigenvalue weighted by atomic mass is 10.1. The number of para-hydroxylation sites is 2. The lowest BCUT2D eigenvalue weighted by Gasteiger charge is -2.09. The van der Waals surface area contributed by atoms with Gasteiger partial charge in [0.2, 0.25) is 0 Å². The summed E-state index contributed by atoms with van der Waals surface area (Å²) < 4.78 is 7.24. The van der Waals surface area contributed by atoms with Gasteiger partial charge in [-0.15, -0.1) is 11.3 Å². The molecule has 0 saturated carbocycles. The van der Waals surface area contributed by atoms with Crippen molar-refractivity contribution in [1.82, 2.24) is 19.1 Å². The number of rotatable bonds is 2. The number of aromatic nitrogens is 4. The molecule has 0 saturated heterocycles. The highest BCUT2D eigenvalue weighted by Crippen LogP contribution is 2.39. The molecule has 4 nitrogen and oxygen atoms in total. The zero-order valence-corrected chi connectivity index (χ0v) is 21.6. The topological polar surface area (TPSA) is 35.6 Å². The van der Waals surface area contributed by atoms with Crippen LogP contribution in [0.3, 0.4) is 0 Å². The van der Waals surface area contributed by atoms with E-state index in [1.165, 1.54) is 42.0 Å². The average Bonchev–Trinajstić information content (AvgIpc) is 3.64. The van der Waals surface area contributed by atoms with E-state index >= 15 is 0 Å². The van der Waals surface area contributed by atoms with Crippen LogP contribution in [0.5, 0.6) is 0 Å². The highest BCUT2D eigenvalue weighted by Gasteiger charge is 2.16. The predicted octanol–water partition coefficient (Wildman–Crippen LogP) is 9.04. The van der Waals surface area contributed by atoms with E-state index in [1.54, 1.807) is 0 Å². The van der Waals surface area contributed by atoms with Crippen LogP contribution in [-0.4, -0.2) is 19.1 Å². The van der Waals surface area contributed by atoms with Gasteiger partial charge in [0.15, 0.2) is 0 Å². The van der Waals surface area contributed by atoms with Gasteiger partial charge in [0.25, 0.3) is 0 Å². The van der Waals surface area contributed by atoms with Crippen LogP contribution in [0.2, 0.25) is 0 Å². The van der Waals surface area contributed by atoms with Crippen molar-refractivity contribution in [3.63, 3.8) is 0 Å². The third-order valence-corrected chi connectivity index (χ3v) is 8.96. The first-order chi connectivity index (χ1) is 19.3. The van der Waals surface area contributed by atoms with Crippen LogP contribution < -0.4 is 0 Å². The summed E-state index contributed by atoms with van der Waals surface area (Å²) in [6, 6.07) is 39.1. The van der Waals surface area contributed by atoms with E-state index in [1.807, 2.05) is 35.9 Å². The summed E-state index contributed by atoms with van der Waals surface area (Å²) in [5, 5.41) is 4.88. The van der Waals surface area contributed by atoms with Gasteiger partial charge < -0.3 is 9.13 Å². The van der Waals surface area contributed by atoms with E-state index in [0.717, 1.165) is 33.4 Å². The zero-order chi connectivity index (χ0) is 25.5. The Balaban J connectivity index is 1.32. The van der Waals surface area contributed by atoms with Gasteiger partial charge in [-0.05, 0) is 72.8 Å². The molecule has 0 aliphatic carbocycles. The summed E-state index contributed by atoms with van der Waals surface area (Å²) in [4.78, 5) is 9.44. The summed E-state index contributed by atoms with van der Waals surface area (Å²) in [5.41, 5.74) is 8.94. The SMILES string of the molecule is c1ccc2c(c1)c1ncccc1n2-c1ccc2sc3ccc(-n4c5ccccc5c5ncccc54)cc3c2c1. The number of thiophene rings is 1. The molecule has 182 valence electrons. The van der Waals surface area contributed by atoms with Crippen LogP contribution in [-0.2, 0) is 0 Å². The van der Waals surface area contributed by atoms with E-state index in [2.05, 4.69) is 106 Å². The molecule has 0 spiro atoms. The zero-order valence-electron chi connectivity index (χ0n) is 20.7. The van der Waals surface area contributed by atoms with Crippen LogP contribution in [0.4, 0.5) is 0 Å². The lowest BCUT2D eigenvalue weighted by molar-refractivity contribution is 1.18. The minimum atomic E-state index is 1.03. The van der Waals surface area contributed by atoms with E-state index < -0.39 is 0 Å². The highest BCUT2D eigenvalue weighted by molar-refractivity contribution is 7.25. The summed E-state index contributed by atoms with van der Waals surface area (Å²) >= 11 is 1.84.